The van der Waals surface area contributed by atoms with Crippen LogP contribution in [0, 0.1) is 19.8 Å². The van der Waals surface area contributed by atoms with Gasteiger partial charge in [-0.2, -0.15) is 5.10 Å². The fourth-order valence-electron chi connectivity index (χ4n) is 4.62. The smallest absolute Gasteiger partial charge is 0.254 e. The van der Waals surface area contributed by atoms with Crippen LogP contribution in [0.15, 0.2) is 66.9 Å². The maximum absolute atomic E-state index is 13.4. The molecule has 6 nitrogen and oxygen atoms in total. The molecule has 1 aliphatic rings. The van der Waals surface area contributed by atoms with Gasteiger partial charge in [0.25, 0.3) is 5.91 Å². The number of rotatable bonds is 4. The lowest BCUT2D eigenvalue weighted by molar-refractivity contribution is 0.0737. The van der Waals surface area contributed by atoms with Gasteiger partial charge in [0.1, 0.15) is 0 Å². The number of carbonyl (C=O) groups excluding carboxylic acids is 1. The molecule has 168 valence electrons. The summed E-state index contributed by atoms with van der Waals surface area (Å²) < 4.78 is 7.76. The number of aromatic nitrogens is 3. The van der Waals surface area contributed by atoms with E-state index in [1.54, 1.807) is 0 Å². The van der Waals surface area contributed by atoms with E-state index in [0.717, 1.165) is 34.4 Å². The molecule has 2 aromatic carbocycles. The summed E-state index contributed by atoms with van der Waals surface area (Å²) in [5.74, 6) is 0.279. The average Bonchev–Trinajstić information content (AvgIpc) is 3.02. The van der Waals surface area contributed by atoms with Crippen molar-refractivity contribution in [3.8, 4) is 5.69 Å². The van der Waals surface area contributed by atoms with Crippen LogP contribution in [0.1, 0.15) is 27.3 Å². The quantitative estimate of drug-likeness (QED) is 0.473. The van der Waals surface area contributed by atoms with Crippen LogP contribution in [-0.4, -0.2) is 51.9 Å². The summed E-state index contributed by atoms with van der Waals surface area (Å²) in [6, 6.07) is 20.2. The van der Waals surface area contributed by atoms with Gasteiger partial charge in [0.05, 0.1) is 30.1 Å². The number of hydrogen-bond acceptors (Lipinski definition) is 4. The second-order valence-corrected chi connectivity index (χ2v) is 8.82. The molecule has 1 atom stereocenters. The molecule has 1 saturated heterocycles. The van der Waals surface area contributed by atoms with Crippen molar-refractivity contribution in [2.75, 3.05) is 26.3 Å². The molecule has 1 fully saturated rings. The Morgan fingerprint density at radius 3 is 2.85 bits per heavy atom. The molecule has 1 amide bonds. The highest BCUT2D eigenvalue weighted by atomic mass is 16.5. The highest BCUT2D eigenvalue weighted by Gasteiger charge is 2.24. The fraction of sp³-hybridized carbons (Fsp3) is 0.296. The standard InChI is InChI=1S/C27H28N4O2/c1-19-13-20(2)31(29-19)25-7-3-5-24(16-25)27(32)30-11-12-33-18-22(17-30)14-21-8-9-26-23(15-21)6-4-10-28-26/h3-10,13,15-16,22H,11-12,14,17-18H2,1-2H3/t22-/m1/s1. The molecule has 0 aliphatic carbocycles. The van der Waals surface area contributed by atoms with Gasteiger partial charge in [-0.3, -0.25) is 9.78 Å². The predicted octanol–water partition coefficient (Wildman–Crippen LogP) is 4.37. The van der Waals surface area contributed by atoms with Crippen molar-refractivity contribution in [1.29, 1.82) is 0 Å². The maximum Gasteiger partial charge on any atom is 0.254 e. The monoisotopic (exact) mass is 440 g/mol. The van der Waals surface area contributed by atoms with Crippen LogP contribution in [0.3, 0.4) is 0 Å². The molecule has 0 unspecified atom stereocenters. The minimum Gasteiger partial charge on any atom is -0.379 e. The van der Waals surface area contributed by atoms with Crippen LogP contribution < -0.4 is 0 Å². The van der Waals surface area contributed by atoms with Crippen LogP contribution in [0.25, 0.3) is 16.6 Å². The summed E-state index contributed by atoms with van der Waals surface area (Å²) in [6.45, 7) is 6.48. The topological polar surface area (TPSA) is 60.2 Å². The Kier molecular flexibility index (Phi) is 5.92. The van der Waals surface area contributed by atoms with Gasteiger partial charge < -0.3 is 9.64 Å². The lowest BCUT2D eigenvalue weighted by atomic mass is 9.98. The first kappa shape index (κ1) is 21.3. The van der Waals surface area contributed by atoms with Crippen molar-refractivity contribution < 1.29 is 9.53 Å². The van der Waals surface area contributed by atoms with Gasteiger partial charge in [-0.25, -0.2) is 4.68 Å². The fourth-order valence-corrected chi connectivity index (χ4v) is 4.62. The Balaban J connectivity index is 1.33. The van der Waals surface area contributed by atoms with Crippen molar-refractivity contribution in [3.05, 3.63) is 89.4 Å². The Labute approximate surface area is 193 Å². The first-order chi connectivity index (χ1) is 16.1. The number of nitrogens with zero attached hydrogens (tertiary/aromatic N) is 4. The molecule has 3 heterocycles. The van der Waals surface area contributed by atoms with Crippen LogP contribution in [-0.2, 0) is 11.2 Å². The Morgan fingerprint density at radius 2 is 2.00 bits per heavy atom. The van der Waals surface area contributed by atoms with Crippen LogP contribution >= 0.6 is 0 Å². The maximum atomic E-state index is 13.4. The summed E-state index contributed by atoms with van der Waals surface area (Å²) in [5.41, 5.74) is 5.83. The first-order valence-corrected chi connectivity index (χ1v) is 11.4. The third kappa shape index (κ3) is 4.66. The van der Waals surface area contributed by atoms with E-state index in [1.165, 1.54) is 5.56 Å². The van der Waals surface area contributed by atoms with E-state index >= 15 is 0 Å². The summed E-state index contributed by atoms with van der Waals surface area (Å²) >= 11 is 0. The van der Waals surface area contributed by atoms with Crippen molar-refractivity contribution >= 4 is 16.8 Å². The zero-order valence-electron chi connectivity index (χ0n) is 19.1. The number of aryl methyl sites for hydroxylation is 2. The minimum atomic E-state index is 0.0385. The molecule has 0 N–H and O–H groups in total. The Hall–Kier alpha value is -3.51. The zero-order valence-corrected chi connectivity index (χ0v) is 19.1. The van der Waals surface area contributed by atoms with Gasteiger partial charge in [0.2, 0.25) is 0 Å². The average molecular weight is 441 g/mol. The number of carbonyl (C=O) groups is 1. The molecular formula is C27H28N4O2. The molecule has 0 radical (unpaired) electrons. The number of benzene rings is 2. The minimum absolute atomic E-state index is 0.0385. The van der Waals surface area contributed by atoms with Crippen molar-refractivity contribution in [1.82, 2.24) is 19.7 Å². The normalized spacial score (nSPS) is 16.7. The molecule has 33 heavy (non-hydrogen) atoms. The predicted molar refractivity (Wildman–Crippen MR) is 129 cm³/mol. The van der Waals surface area contributed by atoms with E-state index in [9.17, 15) is 4.79 Å². The summed E-state index contributed by atoms with van der Waals surface area (Å²) in [5, 5.41) is 5.69. The number of ether oxygens (including phenoxy) is 1. The van der Waals surface area contributed by atoms with Crippen molar-refractivity contribution in [2.45, 2.75) is 20.3 Å². The lowest BCUT2D eigenvalue weighted by Gasteiger charge is -2.24. The summed E-state index contributed by atoms with van der Waals surface area (Å²) in [6.07, 6.45) is 2.68. The van der Waals surface area contributed by atoms with Crippen LogP contribution in [0.5, 0.6) is 0 Å². The van der Waals surface area contributed by atoms with E-state index < -0.39 is 0 Å². The second kappa shape index (κ2) is 9.16. The van der Waals surface area contributed by atoms with Gasteiger partial charge in [-0.15, -0.1) is 0 Å². The van der Waals surface area contributed by atoms with E-state index in [0.29, 0.717) is 31.9 Å². The molecule has 0 spiro atoms. The highest BCUT2D eigenvalue weighted by molar-refractivity contribution is 5.94. The van der Waals surface area contributed by atoms with Gasteiger partial charge in [-0.05, 0) is 68.3 Å². The van der Waals surface area contributed by atoms with Gasteiger partial charge in [0, 0.05) is 41.8 Å². The molecule has 2 aromatic heterocycles. The number of fused-ring (bicyclic) bond motifs is 1. The molecule has 4 aromatic rings. The van der Waals surface area contributed by atoms with Crippen molar-refractivity contribution in [2.24, 2.45) is 5.92 Å². The van der Waals surface area contributed by atoms with E-state index in [1.807, 2.05) is 66.0 Å². The van der Waals surface area contributed by atoms with Crippen LogP contribution in [0.4, 0.5) is 0 Å². The molecule has 6 heteroatoms. The summed E-state index contributed by atoms with van der Waals surface area (Å²) in [7, 11) is 0. The third-order valence-electron chi connectivity index (χ3n) is 6.16. The van der Waals surface area contributed by atoms with E-state index in [-0.39, 0.29) is 11.8 Å². The van der Waals surface area contributed by atoms with Gasteiger partial charge in [0.15, 0.2) is 0 Å². The zero-order chi connectivity index (χ0) is 22.8. The van der Waals surface area contributed by atoms with Gasteiger partial charge >= 0.3 is 0 Å². The Bertz CT molecular complexity index is 1300. The highest BCUT2D eigenvalue weighted by Crippen LogP contribution is 2.21. The van der Waals surface area contributed by atoms with Crippen LogP contribution in [0.2, 0.25) is 0 Å². The number of amides is 1. The molecule has 5 rings (SSSR count). The molecule has 1 aliphatic heterocycles. The second-order valence-electron chi connectivity index (χ2n) is 8.82. The van der Waals surface area contributed by atoms with Crippen molar-refractivity contribution in [3.63, 3.8) is 0 Å². The number of pyridine rings is 1. The SMILES string of the molecule is Cc1cc(C)n(-c2cccc(C(=O)N3CCOC[C@H](Cc4ccc5ncccc5c4)C3)c2)n1. The number of hydrogen-bond donors (Lipinski definition) is 0. The van der Waals surface area contributed by atoms with Gasteiger partial charge in [-0.1, -0.05) is 18.2 Å². The molecular weight excluding hydrogens is 412 g/mol. The largest absolute Gasteiger partial charge is 0.379 e. The molecule has 0 saturated carbocycles. The summed E-state index contributed by atoms with van der Waals surface area (Å²) in [4.78, 5) is 19.8. The first-order valence-electron chi connectivity index (χ1n) is 11.4. The van der Waals surface area contributed by atoms with E-state index in [2.05, 4.69) is 34.3 Å². The molecule has 0 bridgehead atoms. The van der Waals surface area contributed by atoms with E-state index in [4.69, 9.17) is 4.74 Å². The third-order valence-corrected chi connectivity index (χ3v) is 6.16. The Morgan fingerprint density at radius 1 is 1.09 bits per heavy atom. The lowest BCUT2D eigenvalue weighted by Crippen LogP contribution is -2.36.